The summed E-state index contributed by atoms with van der Waals surface area (Å²) in [5.41, 5.74) is 6.81. The lowest BCUT2D eigenvalue weighted by Gasteiger charge is -2.09. The van der Waals surface area contributed by atoms with Gasteiger partial charge in [0.15, 0.2) is 5.82 Å². The molecule has 7 heteroatoms. The van der Waals surface area contributed by atoms with Crippen LogP contribution in [0.4, 0.5) is 0 Å². The van der Waals surface area contributed by atoms with Crippen LogP contribution in [-0.4, -0.2) is 32.3 Å². The number of hydrogen-bond acceptors (Lipinski definition) is 6. The number of aromatic nitrogens is 4. The molecule has 2 aromatic rings. The Bertz CT molecular complexity index is 579. The number of ether oxygens (including phenoxy) is 1. The largest absolute Gasteiger partial charge is 0.462 e. The fourth-order valence-corrected chi connectivity index (χ4v) is 1.60. The van der Waals surface area contributed by atoms with E-state index in [4.69, 9.17) is 10.5 Å². The lowest BCUT2D eigenvalue weighted by molar-refractivity contribution is 0.0526. The minimum atomic E-state index is -0.417. The van der Waals surface area contributed by atoms with Crippen LogP contribution in [0.25, 0.3) is 5.82 Å². The lowest BCUT2D eigenvalue weighted by atomic mass is 10.2. The molecule has 0 saturated heterocycles. The lowest BCUT2D eigenvalue weighted by Crippen LogP contribution is -2.13. The first-order valence-corrected chi connectivity index (χ1v) is 5.92. The molecule has 100 valence electrons. The smallest absolute Gasteiger partial charge is 0.341 e. The van der Waals surface area contributed by atoms with Crippen molar-refractivity contribution in [3.05, 3.63) is 36.0 Å². The van der Waals surface area contributed by atoms with Crippen LogP contribution in [0, 0.1) is 0 Å². The van der Waals surface area contributed by atoms with Gasteiger partial charge in [-0.25, -0.2) is 14.5 Å². The predicted molar refractivity (Wildman–Crippen MR) is 67.7 cm³/mol. The van der Waals surface area contributed by atoms with Gasteiger partial charge in [-0.2, -0.15) is 5.10 Å². The maximum Gasteiger partial charge on any atom is 0.341 e. The highest BCUT2D eigenvalue weighted by atomic mass is 16.5. The van der Waals surface area contributed by atoms with Crippen LogP contribution in [-0.2, 0) is 4.74 Å². The summed E-state index contributed by atoms with van der Waals surface area (Å²) >= 11 is 0. The maximum absolute atomic E-state index is 11.6. The van der Waals surface area contributed by atoms with Crippen molar-refractivity contribution in [1.82, 2.24) is 19.7 Å². The Hall–Kier alpha value is -2.28. The molecule has 0 aliphatic heterocycles. The summed E-state index contributed by atoms with van der Waals surface area (Å²) in [5, 5.41) is 4.09. The molecule has 7 nitrogen and oxygen atoms in total. The van der Waals surface area contributed by atoms with Gasteiger partial charge in [-0.1, -0.05) is 0 Å². The Kier molecular flexibility index (Phi) is 3.86. The summed E-state index contributed by atoms with van der Waals surface area (Å²) in [4.78, 5) is 19.9. The Labute approximate surface area is 110 Å². The standard InChI is InChI=1S/C12H15N5O2/c1-3-19-12(18)9-6-16-17(7-9)11-10(8(2)13)14-4-5-15-11/h4-8H,3,13H2,1-2H3. The van der Waals surface area contributed by atoms with E-state index in [1.54, 1.807) is 25.5 Å². The monoisotopic (exact) mass is 261 g/mol. The predicted octanol–water partition coefficient (Wildman–Crippen LogP) is 0.859. The van der Waals surface area contributed by atoms with E-state index in [-0.39, 0.29) is 6.04 Å². The van der Waals surface area contributed by atoms with Gasteiger partial charge in [0.05, 0.1) is 18.4 Å². The van der Waals surface area contributed by atoms with Crippen LogP contribution in [0.5, 0.6) is 0 Å². The zero-order valence-electron chi connectivity index (χ0n) is 10.8. The van der Waals surface area contributed by atoms with E-state index in [9.17, 15) is 4.79 Å². The second kappa shape index (κ2) is 5.57. The Morgan fingerprint density at radius 1 is 1.47 bits per heavy atom. The number of nitrogens with two attached hydrogens (primary N) is 1. The summed E-state index contributed by atoms with van der Waals surface area (Å²) in [7, 11) is 0. The van der Waals surface area contributed by atoms with Crippen molar-refractivity contribution < 1.29 is 9.53 Å². The van der Waals surface area contributed by atoms with Gasteiger partial charge in [0.25, 0.3) is 0 Å². The van der Waals surface area contributed by atoms with E-state index in [0.717, 1.165) is 0 Å². The first-order valence-electron chi connectivity index (χ1n) is 5.92. The average Bonchev–Trinajstić information content (AvgIpc) is 2.88. The third-order valence-corrected chi connectivity index (χ3v) is 2.45. The van der Waals surface area contributed by atoms with E-state index in [1.165, 1.54) is 10.9 Å². The van der Waals surface area contributed by atoms with Gasteiger partial charge in [0.1, 0.15) is 5.69 Å². The number of hydrogen-bond donors (Lipinski definition) is 1. The highest BCUT2D eigenvalue weighted by molar-refractivity contribution is 5.88. The van der Waals surface area contributed by atoms with Crippen LogP contribution in [0.15, 0.2) is 24.8 Å². The number of rotatable bonds is 4. The molecule has 0 aliphatic carbocycles. The quantitative estimate of drug-likeness (QED) is 0.820. The first-order chi connectivity index (χ1) is 9.13. The van der Waals surface area contributed by atoms with Crippen LogP contribution in [0.1, 0.15) is 35.9 Å². The van der Waals surface area contributed by atoms with Crippen LogP contribution >= 0.6 is 0 Å². The summed E-state index contributed by atoms with van der Waals surface area (Å²) in [6, 6.07) is -0.279. The summed E-state index contributed by atoms with van der Waals surface area (Å²) in [5.74, 6) is 0.0908. The van der Waals surface area contributed by atoms with Crippen molar-refractivity contribution in [2.75, 3.05) is 6.61 Å². The van der Waals surface area contributed by atoms with Crippen molar-refractivity contribution in [3.63, 3.8) is 0 Å². The molecule has 0 spiro atoms. The molecule has 1 atom stereocenters. The van der Waals surface area contributed by atoms with E-state index in [1.807, 2.05) is 6.92 Å². The average molecular weight is 261 g/mol. The topological polar surface area (TPSA) is 95.9 Å². The molecular weight excluding hydrogens is 246 g/mol. The highest BCUT2D eigenvalue weighted by Crippen LogP contribution is 2.14. The normalized spacial score (nSPS) is 12.2. The molecule has 0 saturated carbocycles. The minimum absolute atomic E-state index is 0.279. The van der Waals surface area contributed by atoms with Gasteiger partial charge in [-0.15, -0.1) is 0 Å². The van der Waals surface area contributed by atoms with Crippen molar-refractivity contribution in [3.8, 4) is 5.82 Å². The molecule has 0 aromatic carbocycles. The van der Waals surface area contributed by atoms with Crippen LogP contribution < -0.4 is 5.73 Å². The summed E-state index contributed by atoms with van der Waals surface area (Å²) < 4.78 is 6.37. The van der Waals surface area contributed by atoms with Crippen LogP contribution in [0.3, 0.4) is 0 Å². The molecule has 2 N–H and O–H groups in total. The molecule has 19 heavy (non-hydrogen) atoms. The van der Waals surface area contributed by atoms with E-state index < -0.39 is 5.97 Å². The first kappa shape index (κ1) is 13.2. The van der Waals surface area contributed by atoms with Gasteiger partial charge < -0.3 is 10.5 Å². The summed E-state index contributed by atoms with van der Waals surface area (Å²) in [6.45, 7) is 3.88. The third-order valence-electron chi connectivity index (χ3n) is 2.45. The van der Waals surface area contributed by atoms with Crippen molar-refractivity contribution in [2.24, 2.45) is 5.73 Å². The van der Waals surface area contributed by atoms with Gasteiger partial charge in [0, 0.05) is 24.6 Å². The Morgan fingerprint density at radius 3 is 2.89 bits per heavy atom. The van der Waals surface area contributed by atoms with E-state index in [2.05, 4.69) is 15.1 Å². The molecule has 0 fully saturated rings. The minimum Gasteiger partial charge on any atom is -0.462 e. The van der Waals surface area contributed by atoms with Crippen molar-refractivity contribution in [1.29, 1.82) is 0 Å². The molecule has 2 rings (SSSR count). The number of carbonyl (C=O) groups excluding carboxylic acids is 1. The highest BCUT2D eigenvalue weighted by Gasteiger charge is 2.15. The molecular formula is C12H15N5O2. The molecule has 0 aliphatic rings. The third kappa shape index (κ3) is 2.76. The second-order valence-corrected chi connectivity index (χ2v) is 3.95. The molecule has 2 aromatic heterocycles. The number of esters is 1. The molecule has 0 bridgehead atoms. The van der Waals surface area contributed by atoms with Gasteiger partial charge in [0.2, 0.25) is 0 Å². The molecule has 0 radical (unpaired) electrons. The van der Waals surface area contributed by atoms with Gasteiger partial charge in [-0.05, 0) is 13.8 Å². The van der Waals surface area contributed by atoms with Gasteiger partial charge in [-0.3, -0.25) is 4.98 Å². The Morgan fingerprint density at radius 2 is 2.21 bits per heavy atom. The number of carbonyl (C=O) groups is 1. The summed E-state index contributed by atoms with van der Waals surface area (Å²) in [6.07, 6.45) is 6.09. The second-order valence-electron chi connectivity index (χ2n) is 3.95. The molecule has 2 heterocycles. The zero-order valence-corrected chi connectivity index (χ0v) is 10.8. The van der Waals surface area contributed by atoms with Crippen molar-refractivity contribution >= 4 is 5.97 Å². The maximum atomic E-state index is 11.6. The fraction of sp³-hybridized carbons (Fsp3) is 0.333. The van der Waals surface area contributed by atoms with Gasteiger partial charge >= 0.3 is 5.97 Å². The SMILES string of the molecule is CCOC(=O)c1cnn(-c2nccnc2C(C)N)c1. The fourth-order valence-electron chi connectivity index (χ4n) is 1.60. The van der Waals surface area contributed by atoms with Crippen LogP contribution in [0.2, 0.25) is 0 Å². The number of nitrogens with zero attached hydrogens (tertiary/aromatic N) is 4. The molecule has 0 amide bonds. The Balaban J connectivity index is 2.36. The zero-order chi connectivity index (χ0) is 13.8. The van der Waals surface area contributed by atoms with E-state index >= 15 is 0 Å². The molecule has 1 unspecified atom stereocenters. The van der Waals surface area contributed by atoms with Crippen molar-refractivity contribution in [2.45, 2.75) is 19.9 Å². The van der Waals surface area contributed by atoms with E-state index in [0.29, 0.717) is 23.7 Å².